The lowest BCUT2D eigenvalue weighted by Crippen LogP contribution is -2.17. The number of amides is 1. The van der Waals surface area contributed by atoms with Crippen molar-refractivity contribution in [2.24, 2.45) is 5.92 Å². The van der Waals surface area contributed by atoms with Crippen molar-refractivity contribution in [3.8, 4) is 0 Å². The molecule has 0 saturated heterocycles. The van der Waals surface area contributed by atoms with E-state index in [4.69, 9.17) is 0 Å². The van der Waals surface area contributed by atoms with Gasteiger partial charge in [-0.05, 0) is 61.6 Å². The number of sulfonamides is 1. The number of aryl methyl sites for hydroxylation is 3. The fourth-order valence-electron chi connectivity index (χ4n) is 2.80. The molecule has 0 aliphatic heterocycles. The van der Waals surface area contributed by atoms with Gasteiger partial charge in [-0.15, -0.1) is 10.2 Å². The molecule has 1 aromatic heterocycles. The second kappa shape index (κ2) is 10.0. The van der Waals surface area contributed by atoms with Crippen LogP contribution in [0, 0.1) is 26.7 Å². The van der Waals surface area contributed by atoms with Crippen LogP contribution in [0.4, 0.5) is 10.8 Å². The lowest BCUT2D eigenvalue weighted by Gasteiger charge is -2.14. The molecule has 3 rings (SSSR count). The second-order valence-corrected chi connectivity index (χ2v) is 11.8. The van der Waals surface area contributed by atoms with Crippen molar-refractivity contribution in [1.29, 1.82) is 0 Å². The predicted octanol–water partition coefficient (Wildman–Crippen LogP) is 5.26. The summed E-state index contributed by atoms with van der Waals surface area (Å²) in [6.45, 7) is 9.67. The normalized spacial score (nSPS) is 11.6. The number of aromatic nitrogens is 2. The van der Waals surface area contributed by atoms with Crippen LogP contribution in [-0.2, 0) is 10.0 Å². The summed E-state index contributed by atoms with van der Waals surface area (Å²) in [6, 6.07) is 10.2. The molecule has 7 nitrogen and oxygen atoms in total. The Kier molecular flexibility index (Phi) is 7.58. The number of carbonyl (C=O) groups is 1. The fraction of sp³-hybridized carbons (Fsp3) is 0.318. The average molecular weight is 491 g/mol. The van der Waals surface area contributed by atoms with Gasteiger partial charge in [0.2, 0.25) is 5.13 Å². The minimum Gasteiger partial charge on any atom is -0.296 e. The summed E-state index contributed by atoms with van der Waals surface area (Å²) in [4.78, 5) is 12.8. The molecule has 0 spiro atoms. The van der Waals surface area contributed by atoms with E-state index in [2.05, 4.69) is 34.1 Å². The standard InChI is InChI=1S/C22H26N4O3S3/c1-13(2)12-30-22-25-24-21(31-22)23-20(27)17-9-8-16(5)19(11-17)32(28,29)26-18-10-14(3)6-7-15(18)4/h6-11,13,26H,12H2,1-5H3,(H,23,24,27). The number of hydrogen-bond donors (Lipinski definition) is 2. The summed E-state index contributed by atoms with van der Waals surface area (Å²) in [5.74, 6) is 0.992. The molecule has 2 aromatic carbocycles. The molecule has 0 bridgehead atoms. The zero-order chi connectivity index (χ0) is 23.5. The molecule has 0 atom stereocenters. The Hall–Kier alpha value is -2.43. The van der Waals surface area contributed by atoms with Crippen LogP contribution in [0.1, 0.15) is 40.9 Å². The van der Waals surface area contributed by atoms with Crippen LogP contribution in [0.25, 0.3) is 0 Å². The number of benzene rings is 2. The quantitative estimate of drug-likeness (QED) is 0.330. The van der Waals surface area contributed by atoms with E-state index >= 15 is 0 Å². The van der Waals surface area contributed by atoms with Gasteiger partial charge < -0.3 is 0 Å². The molecule has 0 aliphatic rings. The number of nitrogens with zero attached hydrogens (tertiary/aromatic N) is 2. The third-order valence-electron chi connectivity index (χ3n) is 4.54. The van der Waals surface area contributed by atoms with Crippen molar-refractivity contribution in [2.75, 3.05) is 15.8 Å². The van der Waals surface area contributed by atoms with Crippen molar-refractivity contribution < 1.29 is 13.2 Å². The Bertz CT molecular complexity index is 1240. The van der Waals surface area contributed by atoms with E-state index in [0.29, 0.717) is 22.3 Å². The highest BCUT2D eigenvalue weighted by Crippen LogP contribution is 2.28. The van der Waals surface area contributed by atoms with Gasteiger partial charge in [-0.25, -0.2) is 8.42 Å². The number of nitrogens with one attached hydrogen (secondary N) is 2. The molecule has 0 fully saturated rings. The summed E-state index contributed by atoms with van der Waals surface area (Å²) >= 11 is 2.88. The van der Waals surface area contributed by atoms with Crippen LogP contribution in [-0.4, -0.2) is 30.3 Å². The van der Waals surface area contributed by atoms with Crippen LogP contribution >= 0.6 is 23.1 Å². The Balaban J connectivity index is 1.80. The molecule has 10 heteroatoms. The summed E-state index contributed by atoms with van der Waals surface area (Å²) in [6.07, 6.45) is 0. The van der Waals surface area contributed by atoms with Gasteiger partial charge in [-0.1, -0.05) is 55.1 Å². The van der Waals surface area contributed by atoms with Gasteiger partial charge >= 0.3 is 0 Å². The summed E-state index contributed by atoms with van der Waals surface area (Å²) in [7, 11) is -3.88. The van der Waals surface area contributed by atoms with Crippen molar-refractivity contribution in [3.05, 3.63) is 58.7 Å². The van der Waals surface area contributed by atoms with Crippen LogP contribution in [0.5, 0.6) is 0 Å². The number of hydrogen-bond acceptors (Lipinski definition) is 7. The summed E-state index contributed by atoms with van der Waals surface area (Å²) in [5.41, 5.74) is 3.04. The second-order valence-electron chi connectivity index (χ2n) is 7.94. The van der Waals surface area contributed by atoms with Crippen molar-refractivity contribution in [1.82, 2.24) is 10.2 Å². The van der Waals surface area contributed by atoms with Crippen LogP contribution < -0.4 is 10.0 Å². The first kappa shape index (κ1) is 24.2. The Morgan fingerprint density at radius 2 is 1.78 bits per heavy atom. The molecule has 1 amide bonds. The molecular weight excluding hydrogens is 464 g/mol. The van der Waals surface area contributed by atoms with Gasteiger partial charge in [-0.3, -0.25) is 14.8 Å². The zero-order valence-electron chi connectivity index (χ0n) is 18.6. The van der Waals surface area contributed by atoms with Crippen LogP contribution in [0.2, 0.25) is 0 Å². The molecule has 0 aliphatic carbocycles. The molecule has 0 radical (unpaired) electrons. The zero-order valence-corrected chi connectivity index (χ0v) is 21.0. The van der Waals surface area contributed by atoms with Gasteiger partial charge in [0.1, 0.15) is 0 Å². The molecule has 32 heavy (non-hydrogen) atoms. The summed E-state index contributed by atoms with van der Waals surface area (Å²) in [5, 5.41) is 11.2. The maximum Gasteiger partial charge on any atom is 0.262 e. The molecule has 3 aromatic rings. The fourth-order valence-corrected chi connectivity index (χ4v) is 5.92. The first-order chi connectivity index (χ1) is 15.0. The van der Waals surface area contributed by atoms with Crippen molar-refractivity contribution >= 4 is 49.8 Å². The van der Waals surface area contributed by atoms with Gasteiger partial charge in [0.05, 0.1) is 10.6 Å². The molecule has 0 saturated carbocycles. The van der Waals surface area contributed by atoms with Gasteiger partial charge in [0, 0.05) is 11.3 Å². The van der Waals surface area contributed by atoms with Gasteiger partial charge in [0.15, 0.2) is 4.34 Å². The maximum absolute atomic E-state index is 13.1. The Morgan fingerprint density at radius 3 is 2.50 bits per heavy atom. The molecular formula is C22H26N4O3S3. The topological polar surface area (TPSA) is 101 Å². The maximum atomic E-state index is 13.1. The highest BCUT2D eigenvalue weighted by molar-refractivity contribution is 8.01. The lowest BCUT2D eigenvalue weighted by molar-refractivity contribution is 0.102. The van der Waals surface area contributed by atoms with E-state index in [1.807, 2.05) is 26.0 Å². The largest absolute Gasteiger partial charge is 0.296 e. The van der Waals surface area contributed by atoms with Crippen LogP contribution in [0.15, 0.2) is 45.6 Å². The first-order valence-corrected chi connectivity index (χ1v) is 13.3. The monoisotopic (exact) mass is 490 g/mol. The SMILES string of the molecule is Cc1ccc(C)c(NS(=O)(=O)c2cc(C(=O)Nc3nnc(SCC(C)C)s3)ccc2C)c1. The van der Waals surface area contributed by atoms with E-state index in [1.165, 1.54) is 17.4 Å². The van der Waals surface area contributed by atoms with E-state index in [-0.39, 0.29) is 10.5 Å². The Morgan fingerprint density at radius 1 is 1.06 bits per heavy atom. The summed E-state index contributed by atoms with van der Waals surface area (Å²) < 4.78 is 29.6. The van der Waals surface area contributed by atoms with Crippen molar-refractivity contribution in [2.45, 2.75) is 43.9 Å². The lowest BCUT2D eigenvalue weighted by atomic mass is 10.1. The smallest absolute Gasteiger partial charge is 0.262 e. The molecule has 170 valence electrons. The number of thioether (sulfide) groups is 1. The van der Waals surface area contributed by atoms with Crippen molar-refractivity contribution in [3.63, 3.8) is 0 Å². The minimum atomic E-state index is -3.88. The molecule has 2 N–H and O–H groups in total. The minimum absolute atomic E-state index is 0.0523. The Labute approximate surface area is 197 Å². The number of rotatable bonds is 8. The van der Waals surface area contributed by atoms with E-state index in [1.54, 1.807) is 36.9 Å². The average Bonchev–Trinajstić information content (AvgIpc) is 3.16. The predicted molar refractivity (Wildman–Crippen MR) is 131 cm³/mol. The third-order valence-corrected chi connectivity index (χ3v) is 8.45. The highest BCUT2D eigenvalue weighted by Gasteiger charge is 2.21. The van der Waals surface area contributed by atoms with Crippen LogP contribution in [0.3, 0.4) is 0 Å². The van der Waals surface area contributed by atoms with Gasteiger partial charge in [0.25, 0.3) is 15.9 Å². The van der Waals surface area contributed by atoms with E-state index < -0.39 is 15.9 Å². The van der Waals surface area contributed by atoms with E-state index in [0.717, 1.165) is 21.2 Å². The third kappa shape index (κ3) is 6.08. The number of anilines is 2. The number of carbonyl (C=O) groups excluding carboxylic acids is 1. The molecule has 0 unspecified atom stereocenters. The van der Waals surface area contributed by atoms with Gasteiger partial charge in [-0.2, -0.15) is 0 Å². The first-order valence-electron chi connectivity index (χ1n) is 10.0. The van der Waals surface area contributed by atoms with E-state index in [9.17, 15) is 13.2 Å². The highest BCUT2D eigenvalue weighted by atomic mass is 32.2. The molecule has 1 heterocycles.